The lowest BCUT2D eigenvalue weighted by Gasteiger charge is -2.28. The number of carbonyl (C=O) groups excluding carboxylic acids is 3. The highest BCUT2D eigenvalue weighted by atomic mass is 32.1. The smallest absolute Gasteiger partial charge is 0.332 e. The fraction of sp³-hybridized carbons (Fsp3) is 0.515. The number of nitrogens with two attached hydrogens (primary N) is 1. The van der Waals surface area contributed by atoms with Crippen molar-refractivity contribution in [3.63, 3.8) is 0 Å². The van der Waals surface area contributed by atoms with Crippen LogP contribution in [0.25, 0.3) is 21.7 Å². The highest BCUT2D eigenvalue weighted by molar-refractivity contribution is 7.17. The van der Waals surface area contributed by atoms with E-state index in [1.165, 1.54) is 23.3 Å². The summed E-state index contributed by atoms with van der Waals surface area (Å²) in [4.78, 5) is 56.2. The first kappa shape index (κ1) is 31.9. The molecule has 13 heteroatoms. The minimum atomic E-state index is -1.14. The Hall–Kier alpha value is -4.10. The Morgan fingerprint density at radius 3 is 2.83 bits per heavy atom. The number of aromatic nitrogens is 3. The van der Waals surface area contributed by atoms with E-state index in [0.29, 0.717) is 41.6 Å². The van der Waals surface area contributed by atoms with Gasteiger partial charge in [-0.2, -0.15) is 4.98 Å². The van der Waals surface area contributed by atoms with Crippen LogP contribution in [-0.2, 0) is 19.1 Å². The van der Waals surface area contributed by atoms with Gasteiger partial charge in [0.15, 0.2) is 5.82 Å². The van der Waals surface area contributed by atoms with Gasteiger partial charge in [-0.15, -0.1) is 11.3 Å². The maximum absolute atomic E-state index is 13.9. The number of thiophene rings is 1. The molecular weight excluding hydrogens is 606 g/mol. The number of carbonyl (C=O) groups is 3. The van der Waals surface area contributed by atoms with Crippen LogP contribution in [0.2, 0.25) is 0 Å². The van der Waals surface area contributed by atoms with E-state index in [1.54, 1.807) is 0 Å². The minimum absolute atomic E-state index is 0.150. The second-order valence-electron chi connectivity index (χ2n) is 12.6. The SMILES string of the molecule is COC(=O)[C@@]12C[C@H]1/C=C\CCCCC[C@H](N)C(=O)N1C[C@H](Oc3nc(-c4cccc(NC(C)C)n4)nc4ccsc34)C[C@H]1C(=O)N2. The molecule has 5 heterocycles. The fourth-order valence-electron chi connectivity index (χ4n) is 6.33. The Morgan fingerprint density at radius 1 is 1.17 bits per heavy atom. The Balaban J connectivity index is 1.29. The summed E-state index contributed by atoms with van der Waals surface area (Å²) in [5.41, 5.74) is 6.55. The number of hydrogen-bond donors (Lipinski definition) is 3. The van der Waals surface area contributed by atoms with Crippen LogP contribution in [0.5, 0.6) is 5.88 Å². The molecule has 0 radical (unpaired) electrons. The molecule has 1 saturated heterocycles. The number of amides is 2. The Kier molecular flexibility index (Phi) is 9.23. The lowest BCUT2D eigenvalue weighted by Crippen LogP contribution is -2.55. The molecule has 0 aromatic carbocycles. The van der Waals surface area contributed by atoms with Crippen LogP contribution in [0.1, 0.15) is 58.8 Å². The summed E-state index contributed by atoms with van der Waals surface area (Å²) in [7, 11) is 1.32. The number of allylic oxidation sites excluding steroid dienone is 1. The molecule has 0 bridgehead atoms. The van der Waals surface area contributed by atoms with Crippen molar-refractivity contribution in [3.05, 3.63) is 41.8 Å². The number of methoxy groups -OCH3 is 1. The summed E-state index contributed by atoms with van der Waals surface area (Å²) in [5.74, 6) is 0.0990. The third-order valence-electron chi connectivity index (χ3n) is 8.80. The van der Waals surface area contributed by atoms with Gasteiger partial charge in [0.05, 0.1) is 25.2 Å². The third-order valence-corrected chi connectivity index (χ3v) is 9.69. The minimum Gasteiger partial charge on any atom is -0.471 e. The van der Waals surface area contributed by atoms with Gasteiger partial charge in [-0.25, -0.2) is 14.8 Å². The van der Waals surface area contributed by atoms with E-state index in [9.17, 15) is 14.4 Å². The largest absolute Gasteiger partial charge is 0.471 e. The van der Waals surface area contributed by atoms with E-state index in [2.05, 4.69) is 16.7 Å². The van der Waals surface area contributed by atoms with Crippen molar-refractivity contribution < 1.29 is 23.9 Å². The number of nitrogens with one attached hydrogen (secondary N) is 2. The molecule has 244 valence electrons. The van der Waals surface area contributed by atoms with Crippen LogP contribution in [-0.4, -0.2) is 81.1 Å². The Morgan fingerprint density at radius 2 is 2.02 bits per heavy atom. The van der Waals surface area contributed by atoms with Crippen molar-refractivity contribution in [3.8, 4) is 17.4 Å². The summed E-state index contributed by atoms with van der Waals surface area (Å²) < 4.78 is 12.4. The van der Waals surface area contributed by atoms with Crippen LogP contribution in [0.3, 0.4) is 0 Å². The summed E-state index contributed by atoms with van der Waals surface area (Å²) in [6.07, 6.45) is 8.24. The van der Waals surface area contributed by atoms with Gasteiger partial charge < -0.3 is 30.7 Å². The van der Waals surface area contributed by atoms with Crippen molar-refractivity contribution in [1.29, 1.82) is 0 Å². The molecule has 12 nitrogen and oxygen atoms in total. The second-order valence-corrected chi connectivity index (χ2v) is 13.5. The molecular formula is C33H41N7O5S. The molecule has 2 aliphatic heterocycles. The standard InChI is InChI=1S/C33H41N7O5S/c1-19(2)35-26-13-9-12-24(36-26)28-37-23-14-15-46-27(23)30(38-28)45-21-16-25-29(41)39-33(32(43)44-3)17-20(33)10-7-5-4-6-8-11-22(34)31(42)40(25)18-21/h7,9-10,12-15,19-22,25H,4-6,8,11,16-18,34H2,1-3H3,(H,35,36)(H,39,41)/b10-7-/t20-,21-,22+,25+,33-/m1/s1. The second kappa shape index (κ2) is 13.3. The molecule has 5 atom stereocenters. The molecule has 4 N–H and O–H groups in total. The van der Waals surface area contributed by atoms with E-state index in [-0.39, 0.29) is 30.8 Å². The number of anilines is 1. The average molecular weight is 648 g/mol. The topological polar surface area (TPSA) is 162 Å². The lowest BCUT2D eigenvalue weighted by atomic mass is 10.1. The van der Waals surface area contributed by atoms with Gasteiger partial charge in [-0.1, -0.05) is 31.1 Å². The van der Waals surface area contributed by atoms with Crippen LogP contribution < -0.4 is 21.1 Å². The van der Waals surface area contributed by atoms with Crippen molar-refractivity contribution in [2.45, 2.75) is 88.6 Å². The molecule has 0 spiro atoms. The van der Waals surface area contributed by atoms with Crippen molar-refractivity contribution in [2.75, 3.05) is 19.0 Å². The van der Waals surface area contributed by atoms with Crippen molar-refractivity contribution in [2.24, 2.45) is 11.7 Å². The zero-order chi connectivity index (χ0) is 32.4. The van der Waals surface area contributed by atoms with Gasteiger partial charge in [-0.3, -0.25) is 9.59 Å². The zero-order valence-corrected chi connectivity index (χ0v) is 27.2. The lowest BCUT2D eigenvalue weighted by molar-refractivity contribution is -0.148. The average Bonchev–Trinajstić information content (AvgIpc) is 3.33. The van der Waals surface area contributed by atoms with E-state index >= 15 is 0 Å². The predicted molar refractivity (Wildman–Crippen MR) is 175 cm³/mol. The number of rotatable bonds is 6. The van der Waals surface area contributed by atoms with Gasteiger partial charge in [-0.05, 0) is 63.1 Å². The third kappa shape index (κ3) is 6.57. The number of esters is 1. The van der Waals surface area contributed by atoms with Crippen LogP contribution >= 0.6 is 11.3 Å². The molecule has 2 fully saturated rings. The molecule has 1 aliphatic carbocycles. The molecule has 2 amide bonds. The van der Waals surface area contributed by atoms with Crippen molar-refractivity contribution in [1.82, 2.24) is 25.2 Å². The molecule has 3 aromatic heterocycles. The highest BCUT2D eigenvalue weighted by Crippen LogP contribution is 2.46. The summed E-state index contributed by atoms with van der Waals surface area (Å²) >= 11 is 1.45. The van der Waals surface area contributed by atoms with Crippen LogP contribution in [0, 0.1) is 5.92 Å². The fourth-order valence-corrected chi connectivity index (χ4v) is 7.10. The van der Waals surface area contributed by atoms with Gasteiger partial charge in [0.2, 0.25) is 17.7 Å². The first-order chi connectivity index (χ1) is 22.2. The van der Waals surface area contributed by atoms with Gasteiger partial charge in [0.25, 0.3) is 0 Å². The molecule has 0 unspecified atom stereocenters. The molecule has 46 heavy (non-hydrogen) atoms. The number of ether oxygens (including phenoxy) is 2. The maximum Gasteiger partial charge on any atom is 0.332 e. The normalized spacial score (nSPS) is 27.6. The number of fused-ring (bicyclic) bond motifs is 3. The number of pyridine rings is 1. The first-order valence-electron chi connectivity index (χ1n) is 16.0. The van der Waals surface area contributed by atoms with Gasteiger partial charge in [0.1, 0.15) is 33.9 Å². The van der Waals surface area contributed by atoms with E-state index < -0.39 is 35.6 Å². The van der Waals surface area contributed by atoms with Gasteiger partial charge >= 0.3 is 5.97 Å². The van der Waals surface area contributed by atoms with E-state index in [0.717, 1.165) is 30.4 Å². The quantitative estimate of drug-likeness (QED) is 0.265. The molecule has 3 aliphatic rings. The monoisotopic (exact) mass is 647 g/mol. The summed E-state index contributed by atoms with van der Waals surface area (Å²) in [5, 5.41) is 8.18. The zero-order valence-electron chi connectivity index (χ0n) is 26.4. The van der Waals surface area contributed by atoms with Crippen LogP contribution in [0.15, 0.2) is 41.8 Å². The molecule has 3 aromatic rings. The van der Waals surface area contributed by atoms with Crippen LogP contribution in [0.4, 0.5) is 5.82 Å². The summed E-state index contributed by atoms with van der Waals surface area (Å²) in [6.45, 7) is 4.23. The molecule has 6 rings (SSSR count). The number of nitrogens with zero attached hydrogens (tertiary/aromatic N) is 4. The Labute approximate surface area is 272 Å². The predicted octanol–water partition coefficient (Wildman–Crippen LogP) is 3.82. The van der Waals surface area contributed by atoms with Crippen molar-refractivity contribution >= 4 is 45.2 Å². The summed E-state index contributed by atoms with van der Waals surface area (Å²) in [6, 6.07) is 6.11. The Bertz CT molecular complexity index is 1640. The first-order valence-corrected chi connectivity index (χ1v) is 16.9. The van der Waals surface area contributed by atoms with E-state index in [4.69, 9.17) is 30.2 Å². The van der Waals surface area contributed by atoms with E-state index in [1.807, 2.05) is 49.6 Å². The van der Waals surface area contributed by atoms with Gasteiger partial charge in [0, 0.05) is 18.4 Å². The number of hydrogen-bond acceptors (Lipinski definition) is 11. The highest BCUT2D eigenvalue weighted by Gasteiger charge is 2.62. The molecule has 1 saturated carbocycles. The maximum atomic E-state index is 13.9.